The molecule has 0 radical (unpaired) electrons. The Labute approximate surface area is 118 Å². The lowest BCUT2D eigenvalue weighted by Gasteiger charge is -2.10. The molecule has 0 N–H and O–H groups in total. The van der Waals surface area contributed by atoms with E-state index in [4.69, 9.17) is 4.74 Å². The van der Waals surface area contributed by atoms with Gasteiger partial charge in [0.1, 0.15) is 11.5 Å². The number of ether oxygens (including phenoxy) is 1. The first-order valence-electron chi connectivity index (χ1n) is 5.28. The first-order chi connectivity index (χ1) is 8.20. The molecule has 0 aromatic heterocycles. The average Bonchev–Trinajstić information content (AvgIpc) is 2.34. The summed E-state index contributed by atoms with van der Waals surface area (Å²) in [7, 11) is 0. The fourth-order valence-electron chi connectivity index (χ4n) is 1.52. The number of para-hydroxylation sites is 1. The number of aryl methyl sites for hydroxylation is 1. The molecule has 0 saturated heterocycles. The number of hydrogen-bond acceptors (Lipinski definition) is 1. The van der Waals surface area contributed by atoms with Gasteiger partial charge in [-0.25, -0.2) is 0 Å². The summed E-state index contributed by atoms with van der Waals surface area (Å²) in [6.45, 7) is 2.05. The summed E-state index contributed by atoms with van der Waals surface area (Å²) < 4.78 is 6.98. The number of alkyl halides is 1. The van der Waals surface area contributed by atoms with Crippen LogP contribution in [0.15, 0.2) is 46.9 Å². The maximum atomic E-state index is 5.89. The van der Waals surface area contributed by atoms with Gasteiger partial charge in [-0.1, -0.05) is 50.1 Å². The zero-order valence-corrected chi connectivity index (χ0v) is 12.6. The Morgan fingerprint density at radius 3 is 2.59 bits per heavy atom. The van der Waals surface area contributed by atoms with E-state index >= 15 is 0 Å². The third kappa shape index (κ3) is 3.11. The molecule has 0 unspecified atom stereocenters. The van der Waals surface area contributed by atoms with Gasteiger partial charge < -0.3 is 4.74 Å². The number of benzene rings is 2. The maximum absolute atomic E-state index is 5.89. The van der Waals surface area contributed by atoms with Crippen molar-refractivity contribution in [1.82, 2.24) is 0 Å². The van der Waals surface area contributed by atoms with E-state index < -0.39 is 0 Å². The molecular formula is C14H12Br2O. The summed E-state index contributed by atoms with van der Waals surface area (Å²) in [4.78, 5) is 0. The van der Waals surface area contributed by atoms with E-state index in [0.29, 0.717) is 0 Å². The van der Waals surface area contributed by atoms with E-state index in [9.17, 15) is 0 Å². The molecule has 0 spiro atoms. The van der Waals surface area contributed by atoms with Gasteiger partial charge in [-0.2, -0.15) is 0 Å². The average molecular weight is 356 g/mol. The van der Waals surface area contributed by atoms with Gasteiger partial charge in [0.25, 0.3) is 0 Å². The van der Waals surface area contributed by atoms with Crippen LogP contribution in [0.3, 0.4) is 0 Å². The van der Waals surface area contributed by atoms with Gasteiger partial charge in [0.2, 0.25) is 0 Å². The van der Waals surface area contributed by atoms with Crippen LogP contribution in [0.2, 0.25) is 0 Å². The van der Waals surface area contributed by atoms with Crippen LogP contribution >= 0.6 is 31.9 Å². The summed E-state index contributed by atoms with van der Waals surface area (Å²) in [6, 6.07) is 14.0. The van der Waals surface area contributed by atoms with E-state index in [-0.39, 0.29) is 0 Å². The predicted molar refractivity (Wildman–Crippen MR) is 78.0 cm³/mol. The second-order valence-electron chi connectivity index (χ2n) is 3.75. The molecule has 0 aliphatic rings. The molecule has 0 heterocycles. The highest BCUT2D eigenvalue weighted by Gasteiger charge is 2.04. The van der Waals surface area contributed by atoms with Crippen molar-refractivity contribution in [2.75, 3.05) is 0 Å². The molecule has 0 fully saturated rings. The van der Waals surface area contributed by atoms with Gasteiger partial charge in [0, 0.05) is 15.4 Å². The van der Waals surface area contributed by atoms with Gasteiger partial charge in [-0.15, -0.1) is 0 Å². The summed E-state index contributed by atoms with van der Waals surface area (Å²) in [5.41, 5.74) is 2.31. The molecule has 0 aliphatic carbocycles. The van der Waals surface area contributed by atoms with Crippen molar-refractivity contribution >= 4 is 31.9 Å². The smallest absolute Gasteiger partial charge is 0.131 e. The van der Waals surface area contributed by atoms with Crippen LogP contribution in [0.5, 0.6) is 11.5 Å². The van der Waals surface area contributed by atoms with Crippen LogP contribution < -0.4 is 4.74 Å². The minimum Gasteiger partial charge on any atom is -0.457 e. The Balaban J connectivity index is 2.28. The Hall–Kier alpha value is -0.800. The molecule has 0 atom stereocenters. The Morgan fingerprint density at radius 2 is 1.88 bits per heavy atom. The van der Waals surface area contributed by atoms with Gasteiger partial charge >= 0.3 is 0 Å². The molecule has 2 rings (SSSR count). The standard InChI is InChI=1S/C14H12Br2O/c1-10-8-12(6-7-13(10)16)17-14-5-3-2-4-11(14)9-15/h2-8H,9H2,1H3. The summed E-state index contributed by atoms with van der Waals surface area (Å²) >= 11 is 6.94. The lowest BCUT2D eigenvalue weighted by molar-refractivity contribution is 0.478. The first-order valence-corrected chi connectivity index (χ1v) is 7.20. The van der Waals surface area contributed by atoms with E-state index in [1.807, 2.05) is 43.3 Å². The number of hydrogen-bond donors (Lipinski definition) is 0. The Bertz CT molecular complexity index is 523. The topological polar surface area (TPSA) is 9.23 Å². The molecule has 0 amide bonds. The van der Waals surface area contributed by atoms with Crippen LogP contribution in [0.1, 0.15) is 11.1 Å². The van der Waals surface area contributed by atoms with Crippen LogP contribution in [0, 0.1) is 6.92 Å². The molecule has 0 saturated carbocycles. The SMILES string of the molecule is Cc1cc(Oc2ccccc2CBr)ccc1Br. The molecule has 0 bridgehead atoms. The lowest BCUT2D eigenvalue weighted by atomic mass is 10.2. The van der Waals surface area contributed by atoms with Crippen LogP contribution in [-0.2, 0) is 5.33 Å². The van der Waals surface area contributed by atoms with Crippen molar-refractivity contribution in [3.05, 3.63) is 58.1 Å². The third-order valence-corrected chi connectivity index (χ3v) is 3.97. The highest BCUT2D eigenvalue weighted by Crippen LogP contribution is 2.29. The Kier molecular flexibility index (Phi) is 4.24. The van der Waals surface area contributed by atoms with Crippen molar-refractivity contribution in [3.8, 4) is 11.5 Å². The lowest BCUT2D eigenvalue weighted by Crippen LogP contribution is -1.89. The molecule has 17 heavy (non-hydrogen) atoms. The third-order valence-electron chi connectivity index (χ3n) is 2.47. The monoisotopic (exact) mass is 354 g/mol. The van der Waals surface area contributed by atoms with Gasteiger partial charge in [0.15, 0.2) is 0 Å². The molecule has 1 nitrogen and oxygen atoms in total. The number of rotatable bonds is 3. The molecule has 2 aromatic rings. The quantitative estimate of drug-likeness (QED) is 0.665. The van der Waals surface area contributed by atoms with Crippen LogP contribution in [-0.4, -0.2) is 0 Å². The molecule has 0 aliphatic heterocycles. The summed E-state index contributed by atoms with van der Waals surface area (Å²) in [5, 5.41) is 0.790. The minimum atomic E-state index is 0.790. The van der Waals surface area contributed by atoms with Gasteiger partial charge in [-0.05, 0) is 36.8 Å². The van der Waals surface area contributed by atoms with Gasteiger partial charge in [-0.3, -0.25) is 0 Å². The predicted octanol–water partition coefficient (Wildman–Crippen LogP) is 5.44. The maximum Gasteiger partial charge on any atom is 0.131 e. The minimum absolute atomic E-state index is 0.790. The normalized spacial score (nSPS) is 10.3. The van der Waals surface area contributed by atoms with Crippen molar-refractivity contribution < 1.29 is 4.74 Å². The van der Waals surface area contributed by atoms with Gasteiger partial charge in [0.05, 0.1) is 0 Å². The van der Waals surface area contributed by atoms with E-state index in [1.165, 1.54) is 5.56 Å². The zero-order chi connectivity index (χ0) is 12.3. The largest absolute Gasteiger partial charge is 0.457 e. The van der Waals surface area contributed by atoms with E-state index in [2.05, 4.69) is 37.9 Å². The van der Waals surface area contributed by atoms with Crippen LogP contribution in [0.4, 0.5) is 0 Å². The molecule has 88 valence electrons. The number of halogens is 2. The highest BCUT2D eigenvalue weighted by atomic mass is 79.9. The van der Waals surface area contributed by atoms with Crippen molar-refractivity contribution in [2.45, 2.75) is 12.3 Å². The molecule has 3 heteroatoms. The highest BCUT2D eigenvalue weighted by molar-refractivity contribution is 9.10. The zero-order valence-electron chi connectivity index (χ0n) is 9.41. The second-order valence-corrected chi connectivity index (χ2v) is 5.17. The van der Waals surface area contributed by atoms with Crippen molar-refractivity contribution in [3.63, 3.8) is 0 Å². The first kappa shape index (κ1) is 12.7. The molecule has 2 aromatic carbocycles. The Morgan fingerprint density at radius 1 is 1.12 bits per heavy atom. The summed E-state index contributed by atoms with van der Waals surface area (Å²) in [6.07, 6.45) is 0. The van der Waals surface area contributed by atoms with E-state index in [0.717, 1.165) is 26.9 Å². The van der Waals surface area contributed by atoms with Crippen molar-refractivity contribution in [2.24, 2.45) is 0 Å². The fraction of sp³-hybridized carbons (Fsp3) is 0.143. The summed E-state index contributed by atoms with van der Waals surface area (Å²) in [5.74, 6) is 1.75. The van der Waals surface area contributed by atoms with Crippen LogP contribution in [0.25, 0.3) is 0 Å². The second kappa shape index (κ2) is 5.69. The fourth-order valence-corrected chi connectivity index (χ4v) is 2.23. The van der Waals surface area contributed by atoms with E-state index in [1.54, 1.807) is 0 Å². The van der Waals surface area contributed by atoms with Crippen molar-refractivity contribution in [1.29, 1.82) is 0 Å². The molecular weight excluding hydrogens is 344 g/mol.